The van der Waals surface area contributed by atoms with E-state index in [1.54, 1.807) is 6.92 Å². The SMILES string of the molecule is Cc1ccc([N+](=O)[O-])cc1S(=O)(=O)N1CCC(C(=O)N(Cc2ccccc2)C(C)C2CC2)CC1. The molecule has 2 aliphatic rings. The molecule has 1 aliphatic carbocycles. The van der Waals surface area contributed by atoms with Gasteiger partial charge < -0.3 is 4.90 Å². The third kappa shape index (κ3) is 5.15. The molecule has 2 aromatic rings. The summed E-state index contributed by atoms with van der Waals surface area (Å²) in [4.78, 5) is 26.0. The second kappa shape index (κ2) is 9.84. The molecule has 1 saturated carbocycles. The lowest BCUT2D eigenvalue weighted by atomic mass is 9.95. The number of hydrogen-bond acceptors (Lipinski definition) is 5. The van der Waals surface area contributed by atoms with Crippen LogP contribution >= 0.6 is 0 Å². The first-order valence-electron chi connectivity index (χ1n) is 11.8. The van der Waals surface area contributed by atoms with E-state index in [0.29, 0.717) is 30.9 Å². The summed E-state index contributed by atoms with van der Waals surface area (Å²) in [6.45, 7) is 4.75. The van der Waals surface area contributed by atoms with Gasteiger partial charge in [-0.3, -0.25) is 14.9 Å². The number of nitrogens with zero attached hydrogens (tertiary/aromatic N) is 3. The normalized spacial score (nSPS) is 18.4. The van der Waals surface area contributed by atoms with Crippen LogP contribution in [0.3, 0.4) is 0 Å². The molecular weight excluding hydrogens is 454 g/mol. The summed E-state index contributed by atoms with van der Waals surface area (Å²) in [7, 11) is -3.88. The molecule has 8 nitrogen and oxygen atoms in total. The van der Waals surface area contributed by atoms with Gasteiger partial charge >= 0.3 is 0 Å². The van der Waals surface area contributed by atoms with Crippen molar-refractivity contribution in [3.05, 3.63) is 69.8 Å². The van der Waals surface area contributed by atoms with Gasteiger partial charge in [-0.15, -0.1) is 0 Å². The highest BCUT2D eigenvalue weighted by Crippen LogP contribution is 2.37. The third-order valence-corrected chi connectivity index (χ3v) is 9.12. The van der Waals surface area contributed by atoms with E-state index in [1.165, 1.54) is 16.4 Å². The van der Waals surface area contributed by atoms with Gasteiger partial charge in [-0.25, -0.2) is 8.42 Å². The van der Waals surface area contributed by atoms with Gasteiger partial charge in [0.05, 0.1) is 9.82 Å². The number of carbonyl (C=O) groups excluding carboxylic acids is 1. The van der Waals surface area contributed by atoms with Crippen molar-refractivity contribution in [1.82, 2.24) is 9.21 Å². The number of piperidine rings is 1. The number of sulfonamides is 1. The van der Waals surface area contributed by atoms with Gasteiger partial charge in [-0.1, -0.05) is 36.4 Å². The summed E-state index contributed by atoms with van der Waals surface area (Å²) in [5.74, 6) is 0.388. The molecule has 1 unspecified atom stereocenters. The zero-order valence-corrected chi connectivity index (χ0v) is 20.4. The number of nitro groups is 1. The molecule has 0 bridgehead atoms. The topological polar surface area (TPSA) is 101 Å². The van der Waals surface area contributed by atoms with Crippen molar-refractivity contribution in [2.75, 3.05) is 13.1 Å². The number of rotatable bonds is 8. The van der Waals surface area contributed by atoms with Crippen LogP contribution in [0.15, 0.2) is 53.4 Å². The van der Waals surface area contributed by atoms with Crippen LogP contribution in [0, 0.1) is 28.9 Å². The van der Waals surface area contributed by atoms with E-state index in [-0.39, 0.29) is 41.5 Å². The van der Waals surface area contributed by atoms with Gasteiger partial charge in [0.25, 0.3) is 5.69 Å². The van der Waals surface area contributed by atoms with E-state index < -0.39 is 14.9 Å². The molecule has 182 valence electrons. The largest absolute Gasteiger partial charge is 0.335 e. The maximum atomic E-state index is 13.6. The van der Waals surface area contributed by atoms with E-state index >= 15 is 0 Å². The maximum Gasteiger partial charge on any atom is 0.270 e. The lowest BCUT2D eigenvalue weighted by Gasteiger charge is -2.36. The second-order valence-electron chi connectivity index (χ2n) is 9.42. The number of benzene rings is 2. The Balaban J connectivity index is 1.47. The maximum absolute atomic E-state index is 13.6. The van der Waals surface area contributed by atoms with Crippen LogP contribution in [-0.2, 0) is 21.4 Å². The summed E-state index contributed by atoms with van der Waals surface area (Å²) in [5.41, 5.74) is 1.31. The van der Waals surface area contributed by atoms with Crippen LogP contribution in [-0.4, -0.2) is 47.6 Å². The summed E-state index contributed by atoms with van der Waals surface area (Å²) < 4.78 is 27.9. The standard InChI is InChI=1S/C25H31N3O5S/c1-18-8-11-23(28(30)31)16-24(18)34(32,33)26-14-12-22(13-15-26)25(29)27(19(2)21-9-10-21)17-20-6-4-3-5-7-20/h3-8,11,16,19,21-22H,9-10,12-15,17H2,1-2H3. The first kappa shape index (κ1) is 24.3. The van der Waals surface area contributed by atoms with Crippen molar-refractivity contribution in [2.45, 2.75) is 57.0 Å². The Morgan fingerprint density at radius 2 is 1.76 bits per heavy atom. The summed E-state index contributed by atoms with van der Waals surface area (Å²) in [6, 6.07) is 14.0. The fraction of sp³-hybridized carbons (Fsp3) is 0.480. The Morgan fingerprint density at radius 1 is 1.12 bits per heavy atom. The molecule has 1 saturated heterocycles. The summed E-state index contributed by atoms with van der Waals surface area (Å²) >= 11 is 0. The minimum absolute atomic E-state index is 0.0421. The molecular formula is C25H31N3O5S. The fourth-order valence-corrected chi connectivity index (χ4v) is 6.45. The molecule has 1 aliphatic heterocycles. The molecule has 1 heterocycles. The van der Waals surface area contributed by atoms with Gasteiger partial charge in [0, 0.05) is 43.7 Å². The second-order valence-corrected chi connectivity index (χ2v) is 11.3. The Labute approximate surface area is 200 Å². The fourth-order valence-electron chi connectivity index (χ4n) is 4.73. The van der Waals surface area contributed by atoms with Crippen molar-refractivity contribution in [3.8, 4) is 0 Å². The van der Waals surface area contributed by atoms with Gasteiger partial charge in [0.1, 0.15) is 0 Å². The highest BCUT2D eigenvalue weighted by molar-refractivity contribution is 7.89. The first-order chi connectivity index (χ1) is 16.2. The zero-order chi connectivity index (χ0) is 24.5. The Bertz CT molecular complexity index is 1160. The van der Waals surface area contributed by atoms with Crippen molar-refractivity contribution in [1.29, 1.82) is 0 Å². The molecule has 0 radical (unpaired) electrons. The number of non-ortho nitro benzene ring substituents is 1. The minimum atomic E-state index is -3.88. The average Bonchev–Trinajstić information content (AvgIpc) is 3.68. The highest BCUT2D eigenvalue weighted by atomic mass is 32.2. The van der Waals surface area contributed by atoms with Crippen molar-refractivity contribution >= 4 is 21.6 Å². The molecule has 1 atom stereocenters. The van der Waals surface area contributed by atoms with Crippen molar-refractivity contribution < 1.29 is 18.1 Å². The van der Waals surface area contributed by atoms with E-state index in [2.05, 4.69) is 6.92 Å². The summed E-state index contributed by atoms with van der Waals surface area (Å²) in [5, 5.41) is 11.1. The van der Waals surface area contributed by atoms with Crippen LogP contribution in [0.1, 0.15) is 43.7 Å². The smallest absolute Gasteiger partial charge is 0.270 e. The van der Waals surface area contributed by atoms with Gasteiger partial charge in [0.15, 0.2) is 0 Å². The van der Waals surface area contributed by atoms with E-state index in [9.17, 15) is 23.3 Å². The van der Waals surface area contributed by atoms with Crippen LogP contribution in [0.4, 0.5) is 5.69 Å². The Kier molecular flexibility index (Phi) is 7.04. The molecule has 0 aromatic heterocycles. The van der Waals surface area contributed by atoms with Crippen LogP contribution in [0.2, 0.25) is 0 Å². The lowest BCUT2D eigenvalue weighted by Crippen LogP contribution is -2.47. The quantitative estimate of drug-likeness (QED) is 0.413. The monoisotopic (exact) mass is 485 g/mol. The highest BCUT2D eigenvalue weighted by Gasteiger charge is 2.39. The molecule has 2 fully saturated rings. The van der Waals surface area contributed by atoms with Gasteiger partial charge in [-0.05, 0) is 56.6 Å². The van der Waals surface area contributed by atoms with Gasteiger partial charge in [0.2, 0.25) is 15.9 Å². The molecule has 2 aromatic carbocycles. The molecule has 0 N–H and O–H groups in total. The molecule has 1 amide bonds. The average molecular weight is 486 g/mol. The number of nitro benzene ring substituents is 1. The molecule has 34 heavy (non-hydrogen) atoms. The lowest BCUT2D eigenvalue weighted by molar-refractivity contribution is -0.385. The van der Waals surface area contributed by atoms with E-state index in [4.69, 9.17) is 0 Å². The third-order valence-electron chi connectivity index (χ3n) is 7.08. The van der Waals surface area contributed by atoms with Crippen LogP contribution in [0.25, 0.3) is 0 Å². The first-order valence-corrected chi connectivity index (χ1v) is 13.2. The molecule has 0 spiro atoms. The number of amides is 1. The Hall–Kier alpha value is -2.78. The number of carbonyl (C=O) groups is 1. The molecule has 9 heteroatoms. The minimum Gasteiger partial charge on any atom is -0.335 e. The van der Waals surface area contributed by atoms with Crippen LogP contribution < -0.4 is 0 Å². The van der Waals surface area contributed by atoms with E-state index in [0.717, 1.165) is 24.5 Å². The van der Waals surface area contributed by atoms with Gasteiger partial charge in [-0.2, -0.15) is 4.31 Å². The van der Waals surface area contributed by atoms with Crippen molar-refractivity contribution in [2.24, 2.45) is 11.8 Å². The number of aryl methyl sites for hydroxylation is 1. The predicted molar refractivity (Wildman–Crippen MR) is 128 cm³/mol. The molecule has 4 rings (SSSR count). The van der Waals surface area contributed by atoms with E-state index in [1.807, 2.05) is 35.2 Å². The predicted octanol–water partition coefficient (Wildman–Crippen LogP) is 4.13. The Morgan fingerprint density at radius 3 is 2.35 bits per heavy atom. The summed E-state index contributed by atoms with van der Waals surface area (Å²) in [6.07, 6.45) is 3.15. The zero-order valence-electron chi connectivity index (χ0n) is 19.6. The van der Waals surface area contributed by atoms with Crippen LogP contribution in [0.5, 0.6) is 0 Å². The van der Waals surface area contributed by atoms with Crippen molar-refractivity contribution in [3.63, 3.8) is 0 Å². The number of hydrogen-bond donors (Lipinski definition) is 0.